The molecule has 1 aromatic carbocycles. The van der Waals surface area contributed by atoms with Crippen LogP contribution in [0, 0.1) is 0 Å². The lowest BCUT2D eigenvalue weighted by molar-refractivity contribution is 0.122. The minimum absolute atomic E-state index is 0.495. The quantitative estimate of drug-likeness (QED) is 0.435. The number of aryl methyl sites for hydroxylation is 1. The van der Waals surface area contributed by atoms with Gasteiger partial charge in [-0.25, -0.2) is 9.67 Å². The third kappa shape index (κ3) is 3.32. The highest BCUT2D eigenvalue weighted by Crippen LogP contribution is 2.32. The van der Waals surface area contributed by atoms with Crippen LogP contribution in [0.25, 0.3) is 39.8 Å². The zero-order valence-electron chi connectivity index (χ0n) is 17.5. The maximum atomic E-state index is 6.20. The van der Waals surface area contributed by atoms with E-state index in [1.807, 2.05) is 68.0 Å². The maximum Gasteiger partial charge on any atom is 0.253 e. The van der Waals surface area contributed by atoms with E-state index in [-0.39, 0.29) is 0 Å². The van der Waals surface area contributed by atoms with Gasteiger partial charge in [0.15, 0.2) is 17.2 Å². The lowest BCUT2D eigenvalue weighted by atomic mass is 10.2. The summed E-state index contributed by atoms with van der Waals surface area (Å²) in [6, 6.07) is 15.8. The molecule has 1 saturated heterocycles. The van der Waals surface area contributed by atoms with E-state index in [1.54, 1.807) is 9.36 Å². The normalized spacial score (nSPS) is 14.3. The van der Waals surface area contributed by atoms with Crippen LogP contribution in [-0.4, -0.2) is 55.8 Å². The van der Waals surface area contributed by atoms with Crippen molar-refractivity contribution in [3.63, 3.8) is 0 Å². The van der Waals surface area contributed by atoms with Crippen LogP contribution in [0.1, 0.15) is 0 Å². The van der Waals surface area contributed by atoms with Crippen LogP contribution in [0.3, 0.4) is 0 Å². The first-order chi connectivity index (χ1) is 15.7. The van der Waals surface area contributed by atoms with Crippen molar-refractivity contribution in [2.45, 2.75) is 0 Å². The van der Waals surface area contributed by atoms with Crippen molar-refractivity contribution in [2.75, 3.05) is 31.2 Å². The smallest absolute Gasteiger partial charge is 0.253 e. The van der Waals surface area contributed by atoms with Crippen LogP contribution in [0.15, 0.2) is 65.3 Å². The molecule has 1 fully saturated rings. The molecule has 5 aromatic rings. The molecule has 32 heavy (non-hydrogen) atoms. The summed E-state index contributed by atoms with van der Waals surface area (Å²) in [5.41, 5.74) is 4.02. The number of nitrogens with zero attached hydrogens (tertiary/aromatic N) is 7. The van der Waals surface area contributed by atoms with Gasteiger partial charge in [-0.05, 0) is 12.1 Å². The van der Waals surface area contributed by atoms with Crippen molar-refractivity contribution < 1.29 is 9.15 Å². The van der Waals surface area contributed by atoms with Crippen molar-refractivity contribution in [1.29, 1.82) is 0 Å². The molecule has 1 aliphatic rings. The summed E-state index contributed by atoms with van der Waals surface area (Å²) in [5.74, 6) is 1.90. The van der Waals surface area contributed by atoms with Gasteiger partial charge in [-0.1, -0.05) is 30.3 Å². The molecule has 5 heterocycles. The molecule has 0 unspecified atom stereocenters. The topological polar surface area (TPSA) is 87.0 Å². The Morgan fingerprint density at radius 3 is 2.47 bits per heavy atom. The lowest BCUT2D eigenvalue weighted by Gasteiger charge is -2.27. The third-order valence-corrected chi connectivity index (χ3v) is 5.48. The fraction of sp³-hybridized carbons (Fsp3) is 0.217. The number of hydrogen-bond donors (Lipinski definition) is 0. The van der Waals surface area contributed by atoms with Crippen LogP contribution < -0.4 is 4.90 Å². The molecule has 0 aliphatic carbocycles. The summed E-state index contributed by atoms with van der Waals surface area (Å²) in [6.07, 6.45) is 3.77. The highest BCUT2D eigenvalue weighted by Gasteiger charge is 2.22. The summed E-state index contributed by atoms with van der Waals surface area (Å²) >= 11 is 0. The predicted octanol–water partition coefficient (Wildman–Crippen LogP) is 3.31. The monoisotopic (exact) mass is 427 g/mol. The SMILES string of the molecule is Cn1ccc(-c2cc3nc(-n4ccc(-c5ccccc5)n4)nc(N4CCOCC4)c3o2)n1. The average molecular weight is 427 g/mol. The van der Waals surface area contributed by atoms with Crippen molar-refractivity contribution in [2.24, 2.45) is 7.05 Å². The molecule has 9 heteroatoms. The highest BCUT2D eigenvalue weighted by atomic mass is 16.5. The largest absolute Gasteiger partial charge is 0.449 e. The van der Waals surface area contributed by atoms with E-state index >= 15 is 0 Å². The van der Waals surface area contributed by atoms with Gasteiger partial charge in [0.25, 0.3) is 5.95 Å². The van der Waals surface area contributed by atoms with Crippen LogP contribution in [0.5, 0.6) is 0 Å². The summed E-state index contributed by atoms with van der Waals surface area (Å²) < 4.78 is 15.2. The summed E-state index contributed by atoms with van der Waals surface area (Å²) in [7, 11) is 1.88. The number of hydrogen-bond acceptors (Lipinski definition) is 7. The van der Waals surface area contributed by atoms with E-state index < -0.39 is 0 Å². The van der Waals surface area contributed by atoms with Gasteiger partial charge in [0, 0.05) is 44.2 Å². The first kappa shape index (κ1) is 18.8. The molecule has 1 aliphatic heterocycles. The first-order valence-electron chi connectivity index (χ1n) is 10.5. The number of furan rings is 1. The predicted molar refractivity (Wildman–Crippen MR) is 120 cm³/mol. The molecule has 0 amide bonds. The summed E-state index contributed by atoms with van der Waals surface area (Å²) in [4.78, 5) is 11.8. The lowest BCUT2D eigenvalue weighted by Crippen LogP contribution is -2.37. The van der Waals surface area contributed by atoms with E-state index in [9.17, 15) is 0 Å². The van der Waals surface area contributed by atoms with Crippen molar-refractivity contribution in [3.05, 3.63) is 60.9 Å². The van der Waals surface area contributed by atoms with Crippen molar-refractivity contribution in [3.8, 4) is 28.7 Å². The number of ether oxygens (including phenoxy) is 1. The second-order valence-electron chi connectivity index (χ2n) is 7.66. The number of benzene rings is 1. The highest BCUT2D eigenvalue weighted by molar-refractivity contribution is 5.88. The summed E-state index contributed by atoms with van der Waals surface area (Å²) in [6.45, 7) is 2.77. The van der Waals surface area contributed by atoms with Crippen LogP contribution >= 0.6 is 0 Å². The van der Waals surface area contributed by atoms with E-state index in [2.05, 4.69) is 10.00 Å². The fourth-order valence-corrected chi connectivity index (χ4v) is 3.87. The van der Waals surface area contributed by atoms with Gasteiger partial charge in [-0.15, -0.1) is 0 Å². The van der Waals surface area contributed by atoms with Gasteiger partial charge < -0.3 is 14.1 Å². The number of aromatic nitrogens is 6. The van der Waals surface area contributed by atoms with E-state index in [4.69, 9.17) is 24.2 Å². The molecular weight excluding hydrogens is 406 g/mol. The Bertz CT molecular complexity index is 1380. The van der Waals surface area contributed by atoms with Crippen LogP contribution in [0.4, 0.5) is 5.82 Å². The number of anilines is 1. The van der Waals surface area contributed by atoms with Gasteiger partial charge in [0.1, 0.15) is 11.2 Å². The van der Waals surface area contributed by atoms with Crippen molar-refractivity contribution >= 4 is 16.9 Å². The zero-order chi connectivity index (χ0) is 21.5. The Hall–Kier alpha value is -3.98. The second-order valence-corrected chi connectivity index (χ2v) is 7.66. The number of morpholine rings is 1. The molecule has 9 nitrogen and oxygen atoms in total. The van der Waals surface area contributed by atoms with Crippen LogP contribution in [-0.2, 0) is 11.8 Å². The second kappa shape index (κ2) is 7.61. The molecular formula is C23H21N7O2. The van der Waals surface area contributed by atoms with Gasteiger partial charge in [-0.3, -0.25) is 4.68 Å². The Morgan fingerprint density at radius 2 is 1.69 bits per heavy atom. The minimum Gasteiger partial charge on any atom is -0.449 e. The van der Waals surface area contributed by atoms with E-state index in [0.29, 0.717) is 36.0 Å². The Kier molecular flexibility index (Phi) is 4.46. The third-order valence-electron chi connectivity index (χ3n) is 5.48. The molecule has 4 aromatic heterocycles. The number of fused-ring (bicyclic) bond motifs is 1. The Labute approximate surface area is 183 Å². The molecule has 0 saturated carbocycles. The molecule has 0 radical (unpaired) electrons. The molecule has 0 bridgehead atoms. The molecule has 0 atom stereocenters. The molecule has 160 valence electrons. The molecule has 0 N–H and O–H groups in total. The molecule has 6 rings (SSSR count). The summed E-state index contributed by atoms with van der Waals surface area (Å²) in [5, 5.41) is 9.17. The van der Waals surface area contributed by atoms with E-state index in [1.165, 1.54) is 0 Å². The van der Waals surface area contributed by atoms with Gasteiger partial charge >= 0.3 is 0 Å². The minimum atomic E-state index is 0.495. The van der Waals surface area contributed by atoms with Crippen molar-refractivity contribution in [1.82, 2.24) is 29.5 Å². The molecule has 0 spiro atoms. The zero-order valence-corrected chi connectivity index (χ0v) is 17.5. The van der Waals surface area contributed by atoms with Gasteiger partial charge in [-0.2, -0.15) is 15.2 Å². The van der Waals surface area contributed by atoms with Gasteiger partial charge in [0.2, 0.25) is 0 Å². The number of rotatable bonds is 4. The Morgan fingerprint density at radius 1 is 0.875 bits per heavy atom. The average Bonchev–Trinajstić information content (AvgIpc) is 3.59. The maximum absolute atomic E-state index is 6.20. The standard InChI is InChI=1S/C23H21N7O2/c1-28-9-7-18(26-28)20-15-19-21(32-20)22(29-11-13-31-14-12-29)25-23(24-19)30-10-8-17(27-30)16-5-3-2-4-6-16/h2-10,15H,11-14H2,1H3. The Balaban J connectivity index is 1.47. The van der Waals surface area contributed by atoms with Crippen LogP contribution in [0.2, 0.25) is 0 Å². The van der Waals surface area contributed by atoms with Gasteiger partial charge in [0.05, 0.1) is 18.9 Å². The fourth-order valence-electron chi connectivity index (χ4n) is 3.87. The first-order valence-corrected chi connectivity index (χ1v) is 10.5. The van der Waals surface area contributed by atoms with E-state index in [0.717, 1.165) is 35.9 Å².